The van der Waals surface area contributed by atoms with Crippen LogP contribution in [0.15, 0.2) is 212 Å². The molecule has 0 unspecified atom stereocenters. The third-order valence-electron chi connectivity index (χ3n) is 11.7. The first kappa shape index (κ1) is 33.9. The molecule has 4 aromatic heterocycles. The number of fused-ring (bicyclic) bond motifs is 7. The summed E-state index contributed by atoms with van der Waals surface area (Å²) in [5.41, 5.74) is 15.6. The van der Waals surface area contributed by atoms with Gasteiger partial charge in [0.1, 0.15) is 11.0 Å². The summed E-state index contributed by atoms with van der Waals surface area (Å²) in [5, 5.41) is 4.90. The maximum Gasteiger partial charge on any atom is 0.116 e. The third kappa shape index (κ3) is 5.37. The number of nitrogens with zero attached hydrogens (tertiary/aromatic N) is 5. The second-order valence-electron chi connectivity index (χ2n) is 15.2. The average molecular weight is 766 g/mol. The molecule has 5 nitrogen and oxygen atoms in total. The van der Waals surface area contributed by atoms with Crippen molar-refractivity contribution < 1.29 is 0 Å². The van der Waals surface area contributed by atoms with E-state index in [2.05, 4.69) is 203 Å². The van der Waals surface area contributed by atoms with Crippen LogP contribution in [-0.4, -0.2) is 24.1 Å². The Morgan fingerprint density at radius 3 is 1.17 bits per heavy atom. The lowest BCUT2D eigenvalue weighted by molar-refractivity contribution is 1.18. The number of aromatic nitrogens is 5. The molecule has 60 heavy (non-hydrogen) atoms. The summed E-state index contributed by atoms with van der Waals surface area (Å²) in [6, 6.07) is 72.6. The standard InChI is InChI=1S/C55H35N5/c1-3-17-36(18-4-1)52-53(37-19-5-2-6-20-37)58-55-51(39-22-16-24-41(34-39)60-49-31-13-9-27-44(49)45-28-10-14-32-50(45)60)56-35-46(54(55)57-52)38-21-15-23-40(33-38)59-47-29-11-7-25-42(47)43-26-8-12-30-48(43)59/h1-35H. The lowest BCUT2D eigenvalue weighted by Crippen LogP contribution is -2.01. The van der Waals surface area contributed by atoms with Gasteiger partial charge in [0.25, 0.3) is 0 Å². The van der Waals surface area contributed by atoms with Gasteiger partial charge < -0.3 is 9.13 Å². The highest BCUT2D eigenvalue weighted by Gasteiger charge is 2.21. The van der Waals surface area contributed by atoms with Crippen molar-refractivity contribution in [2.75, 3.05) is 0 Å². The van der Waals surface area contributed by atoms with E-state index in [1.165, 1.54) is 21.5 Å². The van der Waals surface area contributed by atoms with Crippen LogP contribution in [-0.2, 0) is 0 Å². The van der Waals surface area contributed by atoms with E-state index in [9.17, 15) is 0 Å². The van der Waals surface area contributed by atoms with Crippen LogP contribution in [0.2, 0.25) is 0 Å². The minimum Gasteiger partial charge on any atom is -0.309 e. The first-order valence-electron chi connectivity index (χ1n) is 20.3. The van der Waals surface area contributed by atoms with Crippen LogP contribution in [0.1, 0.15) is 0 Å². The normalized spacial score (nSPS) is 11.7. The quantitative estimate of drug-likeness (QED) is 0.169. The number of hydrogen-bond donors (Lipinski definition) is 0. The fourth-order valence-electron chi connectivity index (χ4n) is 9.06. The zero-order chi connectivity index (χ0) is 39.6. The van der Waals surface area contributed by atoms with Gasteiger partial charge in [0.2, 0.25) is 0 Å². The summed E-state index contributed by atoms with van der Waals surface area (Å²) in [5.74, 6) is 0. The van der Waals surface area contributed by atoms with Gasteiger partial charge in [0, 0.05) is 61.4 Å². The van der Waals surface area contributed by atoms with Gasteiger partial charge in [-0.2, -0.15) is 0 Å². The van der Waals surface area contributed by atoms with E-state index in [0.717, 1.165) is 89.4 Å². The van der Waals surface area contributed by atoms with E-state index in [-0.39, 0.29) is 0 Å². The average Bonchev–Trinajstić information content (AvgIpc) is 3.85. The summed E-state index contributed by atoms with van der Waals surface area (Å²) in [7, 11) is 0. The molecule has 0 saturated carbocycles. The van der Waals surface area contributed by atoms with Crippen LogP contribution in [0, 0.1) is 0 Å². The molecule has 0 saturated heterocycles. The number of rotatable bonds is 6. The van der Waals surface area contributed by atoms with Crippen LogP contribution in [0.4, 0.5) is 0 Å². The number of hydrogen-bond acceptors (Lipinski definition) is 3. The van der Waals surface area contributed by atoms with E-state index >= 15 is 0 Å². The second kappa shape index (κ2) is 13.8. The fourth-order valence-corrected chi connectivity index (χ4v) is 9.06. The highest BCUT2D eigenvalue weighted by molar-refractivity contribution is 6.10. The monoisotopic (exact) mass is 765 g/mol. The Bertz CT molecular complexity index is 3260. The highest BCUT2D eigenvalue weighted by Crippen LogP contribution is 2.40. The molecule has 12 rings (SSSR count). The van der Waals surface area contributed by atoms with Crippen LogP contribution in [0.3, 0.4) is 0 Å². The summed E-state index contributed by atoms with van der Waals surface area (Å²) >= 11 is 0. The molecule has 8 aromatic carbocycles. The van der Waals surface area contributed by atoms with Crippen LogP contribution < -0.4 is 0 Å². The molecule has 0 N–H and O–H groups in total. The van der Waals surface area contributed by atoms with Crippen molar-refractivity contribution in [3.63, 3.8) is 0 Å². The molecular weight excluding hydrogens is 731 g/mol. The zero-order valence-electron chi connectivity index (χ0n) is 32.4. The first-order valence-corrected chi connectivity index (χ1v) is 20.3. The molecule has 4 heterocycles. The molecule has 0 radical (unpaired) electrons. The molecule has 0 fully saturated rings. The molecule has 0 bridgehead atoms. The minimum absolute atomic E-state index is 0.743. The molecule has 0 atom stereocenters. The summed E-state index contributed by atoms with van der Waals surface area (Å²) in [6.07, 6.45) is 1.99. The van der Waals surface area contributed by atoms with Crippen molar-refractivity contribution in [1.29, 1.82) is 0 Å². The van der Waals surface area contributed by atoms with Gasteiger partial charge in [-0.05, 0) is 54.1 Å². The van der Waals surface area contributed by atoms with Crippen LogP contribution in [0.25, 0.3) is 111 Å². The Morgan fingerprint density at radius 1 is 0.300 bits per heavy atom. The Kier molecular flexibility index (Phi) is 7.78. The van der Waals surface area contributed by atoms with Crippen molar-refractivity contribution in [3.8, 4) is 56.3 Å². The van der Waals surface area contributed by atoms with Gasteiger partial charge in [0.15, 0.2) is 0 Å². The molecule has 12 aromatic rings. The maximum atomic E-state index is 5.62. The van der Waals surface area contributed by atoms with E-state index < -0.39 is 0 Å². The summed E-state index contributed by atoms with van der Waals surface area (Å²) in [4.78, 5) is 16.5. The Morgan fingerprint density at radius 2 is 0.683 bits per heavy atom. The van der Waals surface area contributed by atoms with Gasteiger partial charge in [-0.25, -0.2) is 9.97 Å². The molecule has 0 amide bonds. The fraction of sp³-hybridized carbons (Fsp3) is 0. The van der Waals surface area contributed by atoms with Crippen molar-refractivity contribution in [2.45, 2.75) is 0 Å². The minimum atomic E-state index is 0.743. The van der Waals surface area contributed by atoms with E-state index in [4.69, 9.17) is 15.0 Å². The Hall–Kier alpha value is -8.15. The van der Waals surface area contributed by atoms with E-state index in [0.29, 0.717) is 0 Å². The number of para-hydroxylation sites is 4. The van der Waals surface area contributed by atoms with E-state index in [1.54, 1.807) is 0 Å². The van der Waals surface area contributed by atoms with Crippen molar-refractivity contribution >= 4 is 54.6 Å². The van der Waals surface area contributed by atoms with Crippen LogP contribution >= 0.6 is 0 Å². The molecule has 0 aliphatic heterocycles. The largest absolute Gasteiger partial charge is 0.309 e. The number of benzene rings is 8. The molecular formula is C55H35N5. The van der Waals surface area contributed by atoms with Gasteiger partial charge >= 0.3 is 0 Å². The predicted molar refractivity (Wildman–Crippen MR) is 248 cm³/mol. The Balaban J connectivity index is 1.12. The first-order chi connectivity index (χ1) is 29.8. The van der Waals surface area contributed by atoms with Gasteiger partial charge in [-0.3, -0.25) is 4.98 Å². The molecule has 280 valence electrons. The van der Waals surface area contributed by atoms with Crippen LogP contribution in [0.5, 0.6) is 0 Å². The molecule has 0 aliphatic carbocycles. The third-order valence-corrected chi connectivity index (χ3v) is 11.7. The lowest BCUT2D eigenvalue weighted by Gasteiger charge is -2.16. The smallest absolute Gasteiger partial charge is 0.116 e. The lowest BCUT2D eigenvalue weighted by atomic mass is 9.99. The van der Waals surface area contributed by atoms with Gasteiger partial charge in [0.05, 0.1) is 39.1 Å². The zero-order valence-corrected chi connectivity index (χ0v) is 32.4. The predicted octanol–water partition coefficient (Wildman–Crippen LogP) is 13.9. The highest BCUT2D eigenvalue weighted by atomic mass is 15.0. The summed E-state index contributed by atoms with van der Waals surface area (Å²) in [6.45, 7) is 0. The molecule has 5 heteroatoms. The van der Waals surface area contributed by atoms with Crippen molar-refractivity contribution in [1.82, 2.24) is 24.1 Å². The number of pyridine rings is 1. The summed E-state index contributed by atoms with van der Waals surface area (Å²) < 4.78 is 4.70. The second-order valence-corrected chi connectivity index (χ2v) is 15.2. The van der Waals surface area contributed by atoms with Gasteiger partial charge in [-0.1, -0.05) is 158 Å². The Labute approximate surface area is 346 Å². The molecule has 0 aliphatic rings. The van der Waals surface area contributed by atoms with Crippen molar-refractivity contribution in [3.05, 3.63) is 212 Å². The topological polar surface area (TPSA) is 48.5 Å². The van der Waals surface area contributed by atoms with Crippen molar-refractivity contribution in [2.24, 2.45) is 0 Å². The molecule has 0 spiro atoms. The maximum absolute atomic E-state index is 5.62. The van der Waals surface area contributed by atoms with E-state index in [1.807, 2.05) is 18.3 Å². The SMILES string of the molecule is c1ccc(-c2nc3c(-c4cccc(-n5c6ccccc6c6ccccc65)c4)cnc(-c4cccc(-n5c6ccccc6c6ccccc65)c4)c3nc2-c2ccccc2)cc1. The van der Waals surface area contributed by atoms with Gasteiger partial charge in [-0.15, -0.1) is 0 Å².